The number of nitrogens with one attached hydrogen (secondary N) is 2. The van der Waals surface area contributed by atoms with Crippen LogP contribution in [0, 0.1) is 0 Å². The van der Waals surface area contributed by atoms with Gasteiger partial charge in [0.2, 0.25) is 5.91 Å². The molecule has 2 rings (SSSR count). The smallest absolute Gasteiger partial charge is 0.222 e. The van der Waals surface area contributed by atoms with Gasteiger partial charge in [-0.1, -0.05) is 13.0 Å². The lowest BCUT2D eigenvalue weighted by molar-refractivity contribution is -0.129. The third kappa shape index (κ3) is 6.33. The highest BCUT2D eigenvalue weighted by Crippen LogP contribution is 2.10. The van der Waals surface area contributed by atoms with E-state index in [9.17, 15) is 4.79 Å². The standard InChI is InChI=1S/C17H28N6O.HI/c1-5-16(24)23-10-9-14(12-23)21-17(18-2)19-11-13-7-6-8-15(20-13)22(3)4;/h6-8,14H,5,9-12H2,1-4H3,(H2,18,19,21);1H. The number of likely N-dealkylation sites (tertiary alicyclic amines) is 1. The molecule has 0 bridgehead atoms. The van der Waals surface area contributed by atoms with Crippen molar-refractivity contribution in [2.24, 2.45) is 4.99 Å². The van der Waals surface area contributed by atoms with Crippen LogP contribution in [-0.2, 0) is 11.3 Å². The number of aromatic nitrogens is 1. The molecule has 1 atom stereocenters. The Bertz CT molecular complexity index is 592. The van der Waals surface area contributed by atoms with Gasteiger partial charge in [-0.3, -0.25) is 9.79 Å². The van der Waals surface area contributed by atoms with E-state index in [0.717, 1.165) is 37.0 Å². The lowest BCUT2D eigenvalue weighted by atomic mass is 10.3. The molecule has 0 spiro atoms. The summed E-state index contributed by atoms with van der Waals surface area (Å²) in [6.07, 6.45) is 1.51. The summed E-state index contributed by atoms with van der Waals surface area (Å²) in [6, 6.07) is 6.22. The van der Waals surface area contributed by atoms with Crippen molar-refractivity contribution in [2.45, 2.75) is 32.4 Å². The summed E-state index contributed by atoms with van der Waals surface area (Å²) < 4.78 is 0. The number of carbonyl (C=O) groups excluding carboxylic acids is 1. The lowest BCUT2D eigenvalue weighted by Crippen LogP contribution is -2.44. The first-order chi connectivity index (χ1) is 11.5. The molecule has 1 fully saturated rings. The Morgan fingerprint density at radius 1 is 1.44 bits per heavy atom. The Labute approximate surface area is 167 Å². The van der Waals surface area contributed by atoms with E-state index in [-0.39, 0.29) is 35.9 Å². The number of hydrogen-bond donors (Lipinski definition) is 2. The largest absolute Gasteiger partial charge is 0.363 e. The van der Waals surface area contributed by atoms with Gasteiger partial charge in [0.15, 0.2) is 5.96 Å². The maximum atomic E-state index is 11.8. The van der Waals surface area contributed by atoms with Crippen LogP contribution in [0.15, 0.2) is 23.2 Å². The summed E-state index contributed by atoms with van der Waals surface area (Å²) in [5, 5.41) is 6.68. The number of pyridine rings is 1. The van der Waals surface area contributed by atoms with Crippen molar-refractivity contribution in [3.8, 4) is 0 Å². The monoisotopic (exact) mass is 460 g/mol. The molecular weight excluding hydrogens is 431 g/mol. The number of nitrogens with zero attached hydrogens (tertiary/aromatic N) is 4. The normalized spacial score (nSPS) is 17.0. The molecular formula is C17H29IN6O. The maximum absolute atomic E-state index is 11.8. The van der Waals surface area contributed by atoms with Crippen LogP contribution in [0.3, 0.4) is 0 Å². The molecule has 1 aliphatic rings. The second kappa shape index (κ2) is 10.4. The van der Waals surface area contributed by atoms with Crippen LogP contribution in [0.4, 0.5) is 5.82 Å². The van der Waals surface area contributed by atoms with Crippen LogP contribution < -0.4 is 15.5 Å². The summed E-state index contributed by atoms with van der Waals surface area (Å²) >= 11 is 0. The fraction of sp³-hybridized carbons (Fsp3) is 0.588. The first-order valence-corrected chi connectivity index (χ1v) is 8.41. The first-order valence-electron chi connectivity index (χ1n) is 8.41. The highest BCUT2D eigenvalue weighted by Gasteiger charge is 2.25. The summed E-state index contributed by atoms with van der Waals surface area (Å²) in [5.41, 5.74) is 0.957. The van der Waals surface area contributed by atoms with Crippen molar-refractivity contribution in [2.75, 3.05) is 39.1 Å². The minimum Gasteiger partial charge on any atom is -0.363 e. The fourth-order valence-corrected chi connectivity index (χ4v) is 2.70. The molecule has 1 amide bonds. The molecule has 1 aromatic rings. The molecule has 1 unspecified atom stereocenters. The number of aliphatic imine (C=N–C) groups is 1. The van der Waals surface area contributed by atoms with Gasteiger partial charge in [0.25, 0.3) is 0 Å². The molecule has 0 radical (unpaired) electrons. The molecule has 0 aromatic carbocycles. The van der Waals surface area contributed by atoms with Gasteiger partial charge >= 0.3 is 0 Å². The number of guanidine groups is 1. The van der Waals surface area contributed by atoms with Crippen molar-refractivity contribution in [3.63, 3.8) is 0 Å². The second-order valence-corrected chi connectivity index (χ2v) is 6.13. The van der Waals surface area contributed by atoms with Gasteiger partial charge in [0, 0.05) is 46.7 Å². The molecule has 0 aliphatic carbocycles. The van der Waals surface area contributed by atoms with Gasteiger partial charge < -0.3 is 20.4 Å². The fourth-order valence-electron chi connectivity index (χ4n) is 2.70. The predicted octanol–water partition coefficient (Wildman–Crippen LogP) is 1.44. The average Bonchev–Trinajstić information content (AvgIpc) is 3.06. The molecule has 140 valence electrons. The molecule has 1 aliphatic heterocycles. The topological polar surface area (TPSA) is 72.9 Å². The van der Waals surface area contributed by atoms with Crippen LogP contribution in [0.2, 0.25) is 0 Å². The molecule has 8 heteroatoms. The van der Waals surface area contributed by atoms with E-state index >= 15 is 0 Å². The minimum absolute atomic E-state index is 0. The second-order valence-electron chi connectivity index (χ2n) is 6.13. The maximum Gasteiger partial charge on any atom is 0.222 e. The van der Waals surface area contributed by atoms with E-state index in [2.05, 4.69) is 20.6 Å². The van der Waals surface area contributed by atoms with Gasteiger partial charge in [0.05, 0.1) is 12.2 Å². The Kier molecular flexibility index (Phi) is 8.95. The SMILES string of the molecule is CCC(=O)N1CCC(NC(=NC)NCc2cccc(N(C)C)n2)C1.I. The molecule has 2 N–H and O–H groups in total. The van der Waals surface area contributed by atoms with Gasteiger partial charge in [-0.25, -0.2) is 4.98 Å². The van der Waals surface area contributed by atoms with Crippen molar-refractivity contribution in [1.29, 1.82) is 0 Å². The van der Waals surface area contributed by atoms with Crippen LogP contribution in [0.25, 0.3) is 0 Å². The van der Waals surface area contributed by atoms with E-state index < -0.39 is 0 Å². The van der Waals surface area contributed by atoms with E-state index in [4.69, 9.17) is 0 Å². The van der Waals surface area contributed by atoms with Gasteiger partial charge in [-0.15, -0.1) is 24.0 Å². The average molecular weight is 460 g/mol. The van der Waals surface area contributed by atoms with E-state index in [1.165, 1.54) is 0 Å². The van der Waals surface area contributed by atoms with Crippen molar-refractivity contribution in [1.82, 2.24) is 20.5 Å². The lowest BCUT2D eigenvalue weighted by Gasteiger charge is -2.19. The number of rotatable bonds is 5. The summed E-state index contributed by atoms with van der Waals surface area (Å²) in [5.74, 6) is 1.89. The molecule has 1 saturated heterocycles. The van der Waals surface area contributed by atoms with Crippen molar-refractivity contribution >= 4 is 41.7 Å². The van der Waals surface area contributed by atoms with Crippen LogP contribution in [0.1, 0.15) is 25.5 Å². The third-order valence-corrected chi connectivity index (χ3v) is 4.10. The molecule has 1 aromatic heterocycles. The number of anilines is 1. The van der Waals surface area contributed by atoms with Gasteiger partial charge in [-0.05, 0) is 18.6 Å². The van der Waals surface area contributed by atoms with E-state index in [1.807, 2.05) is 49.0 Å². The highest BCUT2D eigenvalue weighted by molar-refractivity contribution is 14.0. The molecule has 7 nitrogen and oxygen atoms in total. The highest BCUT2D eigenvalue weighted by atomic mass is 127. The molecule has 25 heavy (non-hydrogen) atoms. The Morgan fingerprint density at radius 3 is 2.84 bits per heavy atom. The van der Waals surface area contributed by atoms with Crippen LogP contribution in [-0.4, -0.2) is 62.0 Å². The van der Waals surface area contributed by atoms with E-state index in [1.54, 1.807) is 7.05 Å². The van der Waals surface area contributed by atoms with E-state index in [0.29, 0.717) is 13.0 Å². The zero-order chi connectivity index (χ0) is 17.5. The minimum atomic E-state index is 0. The van der Waals surface area contributed by atoms with Crippen LogP contribution in [0.5, 0.6) is 0 Å². The number of hydrogen-bond acceptors (Lipinski definition) is 4. The summed E-state index contributed by atoms with van der Waals surface area (Å²) in [4.78, 5) is 24.5. The number of amides is 1. The molecule has 2 heterocycles. The zero-order valence-corrected chi connectivity index (χ0v) is 17.8. The zero-order valence-electron chi connectivity index (χ0n) is 15.5. The number of halogens is 1. The summed E-state index contributed by atoms with van der Waals surface area (Å²) in [6.45, 7) is 4.06. The Hall–Kier alpha value is -1.58. The van der Waals surface area contributed by atoms with Crippen molar-refractivity contribution < 1.29 is 4.79 Å². The van der Waals surface area contributed by atoms with Crippen molar-refractivity contribution in [3.05, 3.63) is 23.9 Å². The number of carbonyl (C=O) groups is 1. The third-order valence-electron chi connectivity index (χ3n) is 4.10. The summed E-state index contributed by atoms with van der Waals surface area (Å²) in [7, 11) is 5.70. The van der Waals surface area contributed by atoms with Crippen LogP contribution >= 0.6 is 24.0 Å². The first kappa shape index (κ1) is 21.5. The quantitative estimate of drug-likeness (QED) is 0.396. The Morgan fingerprint density at radius 2 is 2.20 bits per heavy atom. The van der Waals surface area contributed by atoms with Gasteiger partial charge in [0.1, 0.15) is 5.82 Å². The molecule has 0 saturated carbocycles. The Balaban J connectivity index is 0.00000312. The van der Waals surface area contributed by atoms with Gasteiger partial charge in [-0.2, -0.15) is 0 Å². The predicted molar refractivity (Wildman–Crippen MR) is 113 cm³/mol.